The summed E-state index contributed by atoms with van der Waals surface area (Å²) in [6.07, 6.45) is 6.36. The van der Waals surface area contributed by atoms with Crippen LogP contribution in [0.2, 0.25) is 0 Å². The van der Waals surface area contributed by atoms with Crippen molar-refractivity contribution in [2.75, 3.05) is 58.1 Å². The molecule has 5 heterocycles. The zero-order valence-electron chi connectivity index (χ0n) is 43.5. The Morgan fingerprint density at radius 3 is 1.83 bits per heavy atom. The summed E-state index contributed by atoms with van der Waals surface area (Å²) in [5.41, 5.74) is 13.8. The number of carbonyl (C=O) groups is 8. The summed E-state index contributed by atoms with van der Waals surface area (Å²) < 4.78 is 18.5. The van der Waals surface area contributed by atoms with E-state index in [2.05, 4.69) is 36.9 Å². The molecular formula is C50H61N15O11Pd. The Morgan fingerprint density at radius 1 is 0.805 bits per heavy atom. The van der Waals surface area contributed by atoms with Crippen molar-refractivity contribution in [1.82, 2.24) is 53.8 Å². The first-order valence-electron chi connectivity index (χ1n) is 24.1. The second kappa shape index (κ2) is 26.9. The Hall–Kier alpha value is -8.38. The van der Waals surface area contributed by atoms with E-state index in [-0.39, 0.29) is 106 Å². The molecule has 0 radical (unpaired) electrons. The van der Waals surface area contributed by atoms with Crippen molar-refractivity contribution in [3.05, 3.63) is 94.6 Å². The van der Waals surface area contributed by atoms with Gasteiger partial charge in [0.05, 0.1) is 42.7 Å². The molecule has 8 N–H and O–H groups in total. The molecule has 2 aromatic carbocycles. The minimum Gasteiger partial charge on any atom is -0.494 e. The van der Waals surface area contributed by atoms with Gasteiger partial charge in [0.25, 0.3) is 23.6 Å². The number of likely N-dealkylation sites (N-methyl/N-ethyl adjacent to an activating group) is 1. The molecule has 7 amide bonds. The molecule has 1 unspecified atom stereocenters. The molecule has 0 saturated heterocycles. The number of hydrogen-bond donors (Lipinski definition) is 6. The molecule has 7 rings (SSSR count). The van der Waals surface area contributed by atoms with Crippen molar-refractivity contribution >= 4 is 81.6 Å². The predicted molar refractivity (Wildman–Crippen MR) is 278 cm³/mol. The zero-order valence-corrected chi connectivity index (χ0v) is 45.0. The Morgan fingerprint density at radius 2 is 1.34 bits per heavy atom. The maximum absolute atomic E-state index is 13.9. The molecule has 412 valence electrons. The molecule has 26 nitrogen and oxygen atoms in total. The van der Waals surface area contributed by atoms with E-state index >= 15 is 0 Å². The van der Waals surface area contributed by atoms with Gasteiger partial charge in [-0.2, -0.15) is 10.2 Å². The summed E-state index contributed by atoms with van der Waals surface area (Å²) in [6, 6.07) is 8.05. The number of aldehydes is 1. The van der Waals surface area contributed by atoms with Gasteiger partial charge in [0.15, 0.2) is 0 Å². The number of nitrogens with one attached hydrogen (secondary N) is 3. The number of fused-ring (bicyclic) bond motifs is 2. The number of carbonyl (C=O) groups excluding carboxylic acids is 8. The molecule has 1 aliphatic heterocycles. The van der Waals surface area contributed by atoms with E-state index in [1.54, 1.807) is 62.7 Å². The van der Waals surface area contributed by atoms with Gasteiger partial charge < -0.3 is 45.4 Å². The number of aromatic nitrogens is 8. The summed E-state index contributed by atoms with van der Waals surface area (Å²) in [5, 5.41) is 27.0. The van der Waals surface area contributed by atoms with Crippen LogP contribution in [-0.4, -0.2) is 155 Å². The van der Waals surface area contributed by atoms with Crippen molar-refractivity contribution in [3.8, 4) is 11.5 Å². The largest absolute Gasteiger partial charge is 0.494 e. The number of nitrogens with two attached hydrogens (primary N) is 2. The van der Waals surface area contributed by atoms with Crippen LogP contribution in [0.1, 0.15) is 79.8 Å². The van der Waals surface area contributed by atoms with Crippen LogP contribution in [0.5, 0.6) is 11.5 Å². The number of imidazole rings is 2. The Bertz CT molecular complexity index is 3240. The van der Waals surface area contributed by atoms with E-state index in [9.17, 15) is 43.5 Å². The standard InChI is InChI=1S/C49H56N14O11.CH5N.Pd/c1-7-62-35(20-28(3)56-62)45(70)54-48-52-32-22-30(26-64)23-38(74-19-11-15-58(5)47(72)34(27-65)51-39(66)14-18-59-40(67)12-13-41(59)68)43(32)61(48)17-10-9-16-60-42-33(24-31(44(50)69)25-37(42)73-6)53-49(60)55-46(71)36-21-29(4)57-63(36)8-2;1-2;/h9-10,12-13,20-26,34,65H,7-8,11,14-19,27H2,1-6H3,(H2,50,69)(H,51,66)(H,52,54,70)(H,53,55,71);2H2,1H3;/b10-9+;;. The fourth-order valence-corrected chi connectivity index (χ4v) is 8.31. The van der Waals surface area contributed by atoms with E-state index in [0.717, 1.165) is 17.1 Å². The number of aliphatic hydroxyl groups is 1. The molecule has 0 fully saturated rings. The van der Waals surface area contributed by atoms with E-state index in [0.29, 0.717) is 58.5 Å². The van der Waals surface area contributed by atoms with Gasteiger partial charge in [-0.15, -0.1) is 0 Å². The molecule has 27 heteroatoms. The maximum atomic E-state index is 13.9. The molecular weight excluding hydrogens is 1090 g/mol. The van der Waals surface area contributed by atoms with Crippen LogP contribution in [0.15, 0.2) is 60.7 Å². The summed E-state index contributed by atoms with van der Waals surface area (Å²) in [7, 11) is 4.41. The van der Waals surface area contributed by atoms with Gasteiger partial charge in [0.1, 0.15) is 46.2 Å². The second-order valence-electron chi connectivity index (χ2n) is 17.0. The van der Waals surface area contributed by atoms with Crippen LogP contribution in [0.25, 0.3) is 22.1 Å². The number of hydrogen-bond acceptors (Lipinski definition) is 16. The van der Waals surface area contributed by atoms with E-state index < -0.39 is 54.0 Å². The molecule has 77 heavy (non-hydrogen) atoms. The first-order valence-corrected chi connectivity index (χ1v) is 24.1. The number of ether oxygens (including phenoxy) is 2. The number of methoxy groups -OCH3 is 1. The summed E-state index contributed by atoms with van der Waals surface area (Å²) >= 11 is 0. The Balaban J connectivity index is 0.00000360. The summed E-state index contributed by atoms with van der Waals surface area (Å²) in [4.78, 5) is 113. The van der Waals surface area contributed by atoms with E-state index in [1.165, 1.54) is 44.3 Å². The van der Waals surface area contributed by atoms with Crippen LogP contribution in [0.4, 0.5) is 11.9 Å². The van der Waals surface area contributed by atoms with E-state index in [4.69, 9.17) is 20.2 Å². The first kappa shape index (κ1) is 59.5. The average Bonchev–Trinajstić information content (AvgIpc) is 4.27. The number of benzene rings is 2. The number of amides is 7. The third kappa shape index (κ3) is 13.7. The fraction of sp³-hybridized carbons (Fsp3) is 0.360. The van der Waals surface area contributed by atoms with Crippen molar-refractivity contribution < 1.29 is 73.4 Å². The van der Waals surface area contributed by atoms with Gasteiger partial charge in [-0.3, -0.25) is 63.3 Å². The third-order valence-corrected chi connectivity index (χ3v) is 11.9. The molecule has 0 bridgehead atoms. The van der Waals surface area contributed by atoms with Crippen LogP contribution in [0.3, 0.4) is 0 Å². The van der Waals surface area contributed by atoms with Crippen LogP contribution in [-0.2, 0) is 65.8 Å². The number of primary amides is 1. The first-order chi connectivity index (χ1) is 36.5. The predicted octanol–water partition coefficient (Wildman–Crippen LogP) is 1.71. The number of nitrogens with zero attached hydrogens (tertiary/aromatic N) is 10. The van der Waals surface area contributed by atoms with Gasteiger partial charge in [-0.25, -0.2) is 9.97 Å². The van der Waals surface area contributed by atoms with E-state index in [1.807, 2.05) is 13.8 Å². The normalized spacial score (nSPS) is 12.4. The number of allylic oxidation sites excluding steroid dienone is 2. The number of imide groups is 1. The minimum absolute atomic E-state index is 0. The third-order valence-electron chi connectivity index (χ3n) is 11.9. The van der Waals surface area contributed by atoms with Crippen molar-refractivity contribution in [2.45, 2.75) is 72.8 Å². The quantitative estimate of drug-likeness (QED) is 0.0165. The van der Waals surface area contributed by atoms with Crippen LogP contribution < -0.4 is 36.9 Å². The van der Waals surface area contributed by atoms with Crippen LogP contribution in [0, 0.1) is 13.8 Å². The van der Waals surface area contributed by atoms with Crippen molar-refractivity contribution in [1.29, 1.82) is 0 Å². The molecule has 0 saturated carbocycles. The Labute approximate surface area is 455 Å². The zero-order chi connectivity index (χ0) is 55.4. The summed E-state index contributed by atoms with van der Waals surface area (Å²) in [6.45, 7) is 7.47. The smallest absolute Gasteiger partial charge is 0.276 e. The SMILES string of the molecule is CCn1nc(C)cc1C(=O)Nc1nc2cc(C(N)=O)cc(OC)c2n1C/C=C/Cn1c(NC(=O)c2cc(C)nn2CC)nc2cc(C=O)cc(OCCCN(C)C(=O)C(CO)NC(=O)CCN3C(=O)C=CC3=O)c21.CN.[Pd]. The molecule has 0 aliphatic carbocycles. The molecule has 1 atom stereocenters. The number of aryl methyl sites for hydroxylation is 4. The molecule has 1 aliphatic rings. The van der Waals surface area contributed by atoms with Crippen LogP contribution >= 0.6 is 0 Å². The maximum Gasteiger partial charge on any atom is 0.276 e. The monoisotopic (exact) mass is 1150 g/mol. The average molecular weight is 1150 g/mol. The number of anilines is 2. The molecule has 0 spiro atoms. The fourth-order valence-electron chi connectivity index (χ4n) is 8.31. The van der Waals surface area contributed by atoms with Gasteiger partial charge in [0.2, 0.25) is 29.6 Å². The molecule has 6 aromatic rings. The summed E-state index contributed by atoms with van der Waals surface area (Å²) in [5.74, 6) is -3.31. The number of aliphatic hydroxyl groups excluding tert-OH is 1. The Kier molecular flexibility index (Phi) is 20.8. The second-order valence-corrected chi connectivity index (χ2v) is 17.0. The van der Waals surface area contributed by atoms with Crippen molar-refractivity contribution in [2.24, 2.45) is 11.5 Å². The molecule has 4 aromatic heterocycles. The minimum atomic E-state index is -1.30. The van der Waals surface area contributed by atoms with Gasteiger partial charge in [-0.05, 0) is 77.6 Å². The topological polar surface area (TPSA) is 341 Å². The van der Waals surface area contributed by atoms with Gasteiger partial charge in [-0.1, -0.05) is 12.2 Å². The van der Waals surface area contributed by atoms with Gasteiger partial charge >= 0.3 is 0 Å². The number of rotatable bonds is 24. The van der Waals surface area contributed by atoms with Crippen molar-refractivity contribution in [3.63, 3.8) is 0 Å². The van der Waals surface area contributed by atoms with Gasteiger partial charge in [0, 0.05) is 96.4 Å².